The number of anilines is 2. The zero-order valence-electron chi connectivity index (χ0n) is 12.5. The minimum Gasteiger partial charge on any atom is -0.368 e. The summed E-state index contributed by atoms with van der Waals surface area (Å²) in [6.45, 7) is 2.83. The largest absolute Gasteiger partial charge is 0.368 e. The summed E-state index contributed by atoms with van der Waals surface area (Å²) in [4.78, 5) is 16.3. The van der Waals surface area contributed by atoms with Crippen LogP contribution in [0.5, 0.6) is 0 Å². The van der Waals surface area contributed by atoms with E-state index in [1.165, 1.54) is 18.2 Å². The topological polar surface area (TPSA) is 35.6 Å². The molecule has 23 heavy (non-hydrogen) atoms. The monoisotopic (exact) mass is 333 g/mol. The second-order valence-electron chi connectivity index (χ2n) is 5.37. The summed E-state index contributed by atoms with van der Waals surface area (Å²) >= 11 is 5.72. The van der Waals surface area contributed by atoms with Crippen LogP contribution in [0.25, 0.3) is 0 Å². The summed E-state index contributed by atoms with van der Waals surface area (Å²) in [5.41, 5.74) is 1.66. The first kappa shape index (κ1) is 15.6. The van der Waals surface area contributed by atoms with Crippen molar-refractivity contribution >= 4 is 29.0 Å². The molecule has 0 saturated carbocycles. The lowest BCUT2D eigenvalue weighted by molar-refractivity contribution is 0.208. The van der Waals surface area contributed by atoms with Crippen LogP contribution < -0.4 is 10.2 Å². The standard InChI is InChI=1S/C17H17ClFN3O/c18-15-12-13(6-7-16(15)19)20-17(23)22-10-8-21(9-11-22)14-4-2-1-3-5-14/h1-7,12H,8-11H2,(H,20,23). The van der Waals surface area contributed by atoms with Gasteiger partial charge in [-0.15, -0.1) is 0 Å². The lowest BCUT2D eigenvalue weighted by Gasteiger charge is -2.36. The van der Waals surface area contributed by atoms with Crippen molar-refractivity contribution < 1.29 is 9.18 Å². The predicted octanol–water partition coefficient (Wildman–Crippen LogP) is 3.83. The predicted molar refractivity (Wildman–Crippen MR) is 90.7 cm³/mol. The molecule has 1 aliphatic heterocycles. The smallest absolute Gasteiger partial charge is 0.321 e. The molecule has 1 fully saturated rings. The maximum Gasteiger partial charge on any atom is 0.321 e. The summed E-state index contributed by atoms with van der Waals surface area (Å²) < 4.78 is 13.1. The number of piperazine rings is 1. The van der Waals surface area contributed by atoms with Crippen LogP contribution in [0.2, 0.25) is 5.02 Å². The van der Waals surface area contributed by atoms with Gasteiger partial charge in [0, 0.05) is 37.6 Å². The molecular weight excluding hydrogens is 317 g/mol. The normalized spacial score (nSPS) is 14.7. The van der Waals surface area contributed by atoms with Crippen molar-refractivity contribution in [1.82, 2.24) is 4.90 Å². The number of amides is 2. The third-order valence-corrected chi connectivity index (χ3v) is 4.15. The molecule has 1 aliphatic rings. The molecule has 1 heterocycles. The molecule has 0 radical (unpaired) electrons. The van der Waals surface area contributed by atoms with Gasteiger partial charge in [0.2, 0.25) is 0 Å². The summed E-state index contributed by atoms with van der Waals surface area (Å²) in [6.07, 6.45) is 0. The first-order valence-electron chi connectivity index (χ1n) is 7.44. The highest BCUT2D eigenvalue weighted by Gasteiger charge is 2.21. The molecule has 2 aromatic carbocycles. The van der Waals surface area contributed by atoms with E-state index in [9.17, 15) is 9.18 Å². The maximum absolute atomic E-state index is 13.1. The number of para-hydroxylation sites is 1. The fraction of sp³-hybridized carbons (Fsp3) is 0.235. The van der Waals surface area contributed by atoms with Gasteiger partial charge in [-0.1, -0.05) is 29.8 Å². The number of halogens is 2. The molecule has 2 aromatic rings. The molecule has 2 amide bonds. The fourth-order valence-corrected chi connectivity index (χ4v) is 2.76. The molecule has 1 N–H and O–H groups in total. The van der Waals surface area contributed by atoms with E-state index < -0.39 is 5.82 Å². The molecule has 1 saturated heterocycles. The number of carbonyl (C=O) groups is 1. The van der Waals surface area contributed by atoms with Crippen LogP contribution in [-0.4, -0.2) is 37.1 Å². The van der Waals surface area contributed by atoms with Gasteiger partial charge in [-0.3, -0.25) is 0 Å². The molecule has 0 aromatic heterocycles. The number of nitrogens with zero attached hydrogens (tertiary/aromatic N) is 2. The van der Waals surface area contributed by atoms with E-state index in [0.717, 1.165) is 18.8 Å². The first-order chi connectivity index (χ1) is 11.1. The van der Waals surface area contributed by atoms with Crippen molar-refractivity contribution in [1.29, 1.82) is 0 Å². The number of benzene rings is 2. The van der Waals surface area contributed by atoms with Crippen LogP contribution in [-0.2, 0) is 0 Å². The summed E-state index contributed by atoms with van der Waals surface area (Å²) in [5.74, 6) is -0.499. The average molecular weight is 334 g/mol. The highest BCUT2D eigenvalue weighted by Crippen LogP contribution is 2.20. The Labute approximate surface area is 139 Å². The highest BCUT2D eigenvalue weighted by atomic mass is 35.5. The number of rotatable bonds is 2. The van der Waals surface area contributed by atoms with Gasteiger partial charge in [-0.05, 0) is 30.3 Å². The van der Waals surface area contributed by atoms with Gasteiger partial charge in [0.25, 0.3) is 0 Å². The van der Waals surface area contributed by atoms with E-state index in [0.29, 0.717) is 18.8 Å². The molecular formula is C17H17ClFN3O. The number of nitrogens with one attached hydrogen (secondary N) is 1. The Morgan fingerprint density at radius 3 is 2.39 bits per heavy atom. The van der Waals surface area contributed by atoms with Crippen LogP contribution in [0, 0.1) is 5.82 Å². The molecule has 0 spiro atoms. The van der Waals surface area contributed by atoms with E-state index in [2.05, 4.69) is 22.3 Å². The lowest BCUT2D eigenvalue weighted by Crippen LogP contribution is -2.50. The van der Waals surface area contributed by atoms with Gasteiger partial charge in [0.15, 0.2) is 0 Å². The van der Waals surface area contributed by atoms with Gasteiger partial charge in [0.1, 0.15) is 5.82 Å². The van der Waals surface area contributed by atoms with Crippen LogP contribution in [0.3, 0.4) is 0 Å². The second-order valence-corrected chi connectivity index (χ2v) is 5.78. The van der Waals surface area contributed by atoms with E-state index in [1.54, 1.807) is 4.90 Å². The SMILES string of the molecule is O=C(Nc1ccc(F)c(Cl)c1)N1CCN(c2ccccc2)CC1. The number of hydrogen-bond donors (Lipinski definition) is 1. The summed E-state index contributed by atoms with van der Waals surface area (Å²) in [7, 11) is 0. The summed E-state index contributed by atoms with van der Waals surface area (Å²) in [5, 5.41) is 2.75. The fourth-order valence-electron chi connectivity index (χ4n) is 2.58. The van der Waals surface area contributed by atoms with Crippen molar-refractivity contribution in [3.05, 3.63) is 59.4 Å². The average Bonchev–Trinajstić information content (AvgIpc) is 2.59. The van der Waals surface area contributed by atoms with Crippen molar-refractivity contribution in [2.45, 2.75) is 0 Å². The second kappa shape index (κ2) is 6.87. The minimum atomic E-state index is -0.499. The quantitative estimate of drug-likeness (QED) is 0.906. The van der Waals surface area contributed by atoms with E-state index >= 15 is 0 Å². The molecule has 6 heteroatoms. The van der Waals surface area contributed by atoms with E-state index in [1.807, 2.05) is 18.2 Å². The van der Waals surface area contributed by atoms with Crippen LogP contribution in [0.15, 0.2) is 48.5 Å². The number of hydrogen-bond acceptors (Lipinski definition) is 2. The molecule has 120 valence electrons. The Morgan fingerprint density at radius 1 is 1.04 bits per heavy atom. The van der Waals surface area contributed by atoms with Gasteiger partial charge < -0.3 is 15.1 Å². The zero-order valence-corrected chi connectivity index (χ0v) is 13.3. The van der Waals surface area contributed by atoms with Crippen molar-refractivity contribution in [2.24, 2.45) is 0 Å². The third kappa shape index (κ3) is 3.74. The third-order valence-electron chi connectivity index (χ3n) is 3.86. The Morgan fingerprint density at radius 2 is 1.74 bits per heavy atom. The molecule has 0 bridgehead atoms. The highest BCUT2D eigenvalue weighted by molar-refractivity contribution is 6.31. The van der Waals surface area contributed by atoms with Crippen LogP contribution in [0.4, 0.5) is 20.6 Å². The Bertz CT molecular complexity index is 687. The zero-order chi connectivity index (χ0) is 16.2. The van der Waals surface area contributed by atoms with Gasteiger partial charge >= 0.3 is 6.03 Å². The molecule has 0 atom stereocenters. The molecule has 0 unspecified atom stereocenters. The lowest BCUT2D eigenvalue weighted by atomic mass is 10.2. The molecule has 3 rings (SSSR count). The maximum atomic E-state index is 13.1. The van der Waals surface area contributed by atoms with E-state index in [-0.39, 0.29) is 11.1 Å². The first-order valence-corrected chi connectivity index (χ1v) is 7.82. The molecule has 0 aliphatic carbocycles. The minimum absolute atomic E-state index is 0.00306. The Hall–Kier alpha value is -2.27. The number of carbonyl (C=O) groups excluding carboxylic acids is 1. The van der Waals surface area contributed by atoms with Crippen molar-refractivity contribution in [3.63, 3.8) is 0 Å². The van der Waals surface area contributed by atoms with Gasteiger partial charge in [-0.25, -0.2) is 9.18 Å². The summed E-state index contributed by atoms with van der Waals surface area (Å²) in [6, 6.07) is 14.1. The van der Waals surface area contributed by atoms with E-state index in [4.69, 9.17) is 11.6 Å². The Kier molecular flexibility index (Phi) is 4.67. The Balaban J connectivity index is 1.57. The van der Waals surface area contributed by atoms with Gasteiger partial charge in [0.05, 0.1) is 5.02 Å². The van der Waals surface area contributed by atoms with Crippen LogP contribution in [0.1, 0.15) is 0 Å². The van der Waals surface area contributed by atoms with Gasteiger partial charge in [-0.2, -0.15) is 0 Å². The van der Waals surface area contributed by atoms with Crippen LogP contribution >= 0.6 is 11.6 Å². The van der Waals surface area contributed by atoms with Crippen molar-refractivity contribution in [2.75, 3.05) is 36.4 Å². The van der Waals surface area contributed by atoms with Crippen molar-refractivity contribution in [3.8, 4) is 0 Å². The molecule has 4 nitrogen and oxygen atoms in total. The number of urea groups is 1.